The van der Waals surface area contributed by atoms with Gasteiger partial charge < -0.3 is 21.3 Å². The molecular weight excluding hydrogens is 449 g/mol. The molecule has 0 bridgehead atoms. The fourth-order valence-electron chi connectivity index (χ4n) is 4.60. The van der Waals surface area contributed by atoms with Gasteiger partial charge >= 0.3 is 12.1 Å². The van der Waals surface area contributed by atoms with E-state index in [-0.39, 0.29) is 0 Å². The van der Waals surface area contributed by atoms with E-state index in [1.54, 1.807) is 42.6 Å². The molecule has 3 aromatic rings. The summed E-state index contributed by atoms with van der Waals surface area (Å²) in [6.07, 6.45) is 1.64. The average molecular weight is 468 g/mol. The Kier molecular flexibility index (Phi) is 5.15. The van der Waals surface area contributed by atoms with Crippen molar-refractivity contribution in [3.05, 3.63) is 99.8 Å². The van der Waals surface area contributed by atoms with Gasteiger partial charge in [0.25, 0.3) is 0 Å². The van der Waals surface area contributed by atoms with Crippen molar-refractivity contribution in [1.82, 2.24) is 26.3 Å². The maximum Gasteiger partial charge on any atom is 0.317 e. The standard InChI is InChI=1S/C23H19Cl2N5O2/c24-15-8-4-13(5-9-15)19-18-20(14-6-10-16(25)11-7-14)28-22(32)30-23(18,29-21(31)27-19)17-3-1-2-12-26-17/h1-12,18-20H,(H2,27,29,31)(H2,28,30,32). The number of amides is 4. The van der Waals surface area contributed by atoms with E-state index in [4.69, 9.17) is 23.2 Å². The Bertz CT molecular complexity index is 1090. The molecule has 0 saturated carbocycles. The molecule has 2 atom stereocenters. The van der Waals surface area contributed by atoms with E-state index in [0.717, 1.165) is 11.1 Å². The fourth-order valence-corrected chi connectivity index (χ4v) is 4.85. The molecule has 2 aromatic carbocycles. The van der Waals surface area contributed by atoms with E-state index >= 15 is 0 Å². The van der Waals surface area contributed by atoms with Crippen LogP contribution in [0.4, 0.5) is 9.59 Å². The molecule has 162 valence electrons. The van der Waals surface area contributed by atoms with Crippen molar-refractivity contribution in [2.45, 2.75) is 17.7 Å². The first-order chi connectivity index (χ1) is 15.5. The highest BCUT2D eigenvalue weighted by molar-refractivity contribution is 6.30. The number of halogens is 2. The van der Waals surface area contributed by atoms with E-state index in [1.807, 2.05) is 30.3 Å². The van der Waals surface area contributed by atoms with Gasteiger partial charge in [0.05, 0.1) is 23.7 Å². The van der Waals surface area contributed by atoms with Gasteiger partial charge in [-0.3, -0.25) is 4.98 Å². The molecular formula is C23H19Cl2N5O2. The number of urea groups is 2. The molecule has 4 N–H and O–H groups in total. The summed E-state index contributed by atoms with van der Waals surface area (Å²) in [7, 11) is 0. The SMILES string of the molecule is O=C1NC(c2ccc(Cl)cc2)C2C(c3ccc(Cl)cc3)NC(=O)NC2(c2ccccn2)N1. The Morgan fingerprint density at radius 2 is 1.22 bits per heavy atom. The number of hydrogen-bond acceptors (Lipinski definition) is 3. The average Bonchev–Trinajstić information content (AvgIpc) is 2.79. The van der Waals surface area contributed by atoms with Gasteiger partial charge in [0.2, 0.25) is 0 Å². The largest absolute Gasteiger partial charge is 0.331 e. The maximum absolute atomic E-state index is 12.9. The zero-order valence-corrected chi connectivity index (χ0v) is 18.2. The second-order valence-electron chi connectivity index (χ2n) is 7.80. The number of pyridine rings is 1. The van der Waals surface area contributed by atoms with Crippen LogP contribution in [0.5, 0.6) is 0 Å². The molecule has 7 nitrogen and oxygen atoms in total. The van der Waals surface area contributed by atoms with Crippen LogP contribution in [0, 0.1) is 5.92 Å². The highest BCUT2D eigenvalue weighted by Crippen LogP contribution is 2.47. The van der Waals surface area contributed by atoms with Crippen molar-refractivity contribution in [1.29, 1.82) is 0 Å². The number of nitrogens with one attached hydrogen (secondary N) is 4. The first kappa shape index (κ1) is 20.6. The highest BCUT2D eigenvalue weighted by Gasteiger charge is 2.58. The Morgan fingerprint density at radius 1 is 0.719 bits per heavy atom. The summed E-state index contributed by atoms with van der Waals surface area (Å²) in [6.45, 7) is 0. The monoisotopic (exact) mass is 467 g/mol. The van der Waals surface area contributed by atoms with Crippen LogP contribution in [0.15, 0.2) is 72.9 Å². The summed E-state index contributed by atoms with van der Waals surface area (Å²) >= 11 is 12.2. The Balaban J connectivity index is 1.72. The van der Waals surface area contributed by atoms with Crippen LogP contribution >= 0.6 is 23.2 Å². The molecule has 3 heterocycles. The van der Waals surface area contributed by atoms with Crippen molar-refractivity contribution in [2.75, 3.05) is 0 Å². The quantitative estimate of drug-likeness (QED) is 0.463. The normalized spacial score (nSPS) is 26.8. The van der Waals surface area contributed by atoms with Gasteiger partial charge in [-0.25, -0.2) is 9.59 Å². The molecule has 32 heavy (non-hydrogen) atoms. The molecule has 2 aliphatic heterocycles. The first-order valence-electron chi connectivity index (χ1n) is 10.1. The van der Waals surface area contributed by atoms with Gasteiger partial charge in [0.15, 0.2) is 5.66 Å². The molecule has 2 unspecified atom stereocenters. The van der Waals surface area contributed by atoms with Gasteiger partial charge in [-0.15, -0.1) is 0 Å². The third kappa shape index (κ3) is 3.53. The van der Waals surface area contributed by atoms with Crippen LogP contribution in [-0.4, -0.2) is 17.0 Å². The Morgan fingerprint density at radius 3 is 1.66 bits per heavy atom. The van der Waals surface area contributed by atoms with Crippen molar-refractivity contribution < 1.29 is 9.59 Å². The van der Waals surface area contributed by atoms with E-state index in [9.17, 15) is 9.59 Å². The van der Waals surface area contributed by atoms with E-state index < -0.39 is 35.7 Å². The summed E-state index contributed by atoms with van der Waals surface area (Å²) in [6, 6.07) is 18.3. The summed E-state index contributed by atoms with van der Waals surface area (Å²) in [5, 5.41) is 13.2. The van der Waals surface area contributed by atoms with Crippen LogP contribution in [0.2, 0.25) is 10.0 Å². The molecule has 0 radical (unpaired) electrons. The lowest BCUT2D eigenvalue weighted by atomic mass is 9.71. The highest BCUT2D eigenvalue weighted by atomic mass is 35.5. The number of nitrogens with zero attached hydrogens (tertiary/aromatic N) is 1. The Hall–Kier alpha value is -3.29. The van der Waals surface area contributed by atoms with E-state index in [1.165, 1.54) is 0 Å². The number of carbonyl (C=O) groups excluding carboxylic acids is 2. The molecule has 2 aliphatic rings. The zero-order valence-electron chi connectivity index (χ0n) is 16.7. The maximum atomic E-state index is 12.9. The minimum atomic E-state index is -1.25. The molecule has 2 saturated heterocycles. The zero-order chi connectivity index (χ0) is 22.3. The predicted molar refractivity (Wildman–Crippen MR) is 121 cm³/mol. The number of aromatic nitrogens is 1. The molecule has 2 fully saturated rings. The molecule has 0 aliphatic carbocycles. The topological polar surface area (TPSA) is 95.2 Å². The van der Waals surface area contributed by atoms with Crippen LogP contribution in [0.1, 0.15) is 28.9 Å². The van der Waals surface area contributed by atoms with Gasteiger partial charge in [-0.05, 0) is 47.5 Å². The summed E-state index contributed by atoms with van der Waals surface area (Å²) < 4.78 is 0. The number of benzene rings is 2. The summed E-state index contributed by atoms with van der Waals surface area (Å²) in [5.41, 5.74) is 0.992. The molecule has 1 aromatic heterocycles. The van der Waals surface area contributed by atoms with Gasteiger partial charge in [-0.1, -0.05) is 53.5 Å². The van der Waals surface area contributed by atoms with Crippen LogP contribution in [0.3, 0.4) is 0 Å². The molecule has 4 amide bonds. The van der Waals surface area contributed by atoms with Crippen molar-refractivity contribution in [3.63, 3.8) is 0 Å². The second-order valence-corrected chi connectivity index (χ2v) is 8.68. The third-order valence-electron chi connectivity index (χ3n) is 5.94. The summed E-state index contributed by atoms with van der Waals surface area (Å²) in [5.74, 6) is -0.393. The Labute approximate surface area is 194 Å². The summed E-state index contributed by atoms with van der Waals surface area (Å²) in [4.78, 5) is 30.3. The van der Waals surface area contributed by atoms with E-state index in [0.29, 0.717) is 15.7 Å². The molecule has 0 spiro atoms. The van der Waals surface area contributed by atoms with Crippen LogP contribution in [-0.2, 0) is 5.66 Å². The van der Waals surface area contributed by atoms with Crippen molar-refractivity contribution >= 4 is 35.3 Å². The smallest absolute Gasteiger partial charge is 0.317 e. The van der Waals surface area contributed by atoms with Gasteiger partial charge in [0.1, 0.15) is 0 Å². The number of carbonyl (C=O) groups is 2. The minimum absolute atomic E-state index is 0.393. The van der Waals surface area contributed by atoms with Crippen molar-refractivity contribution in [3.8, 4) is 0 Å². The minimum Gasteiger partial charge on any atom is -0.331 e. The van der Waals surface area contributed by atoms with Crippen LogP contribution < -0.4 is 21.3 Å². The number of fused-ring (bicyclic) bond motifs is 1. The third-order valence-corrected chi connectivity index (χ3v) is 6.44. The lowest BCUT2D eigenvalue weighted by Crippen LogP contribution is -2.76. The van der Waals surface area contributed by atoms with Gasteiger partial charge in [-0.2, -0.15) is 0 Å². The number of rotatable bonds is 3. The second kappa shape index (κ2) is 8.00. The van der Waals surface area contributed by atoms with E-state index in [2.05, 4.69) is 26.3 Å². The van der Waals surface area contributed by atoms with Crippen molar-refractivity contribution in [2.24, 2.45) is 5.92 Å². The molecule has 9 heteroatoms. The predicted octanol–water partition coefficient (Wildman–Crippen LogP) is 4.27. The lowest BCUT2D eigenvalue weighted by molar-refractivity contribution is 0.0528. The van der Waals surface area contributed by atoms with Gasteiger partial charge in [0, 0.05) is 16.2 Å². The van der Waals surface area contributed by atoms with Crippen LogP contribution in [0.25, 0.3) is 0 Å². The number of hydrogen-bond donors (Lipinski definition) is 4. The fraction of sp³-hybridized carbons (Fsp3) is 0.174. The lowest BCUT2D eigenvalue weighted by Gasteiger charge is -2.54. The molecule has 5 rings (SSSR count). The first-order valence-corrected chi connectivity index (χ1v) is 10.8.